The van der Waals surface area contributed by atoms with Crippen LogP contribution in [0.3, 0.4) is 0 Å². The van der Waals surface area contributed by atoms with Gasteiger partial charge in [0.1, 0.15) is 6.04 Å². The van der Waals surface area contributed by atoms with E-state index in [1.54, 1.807) is 39.1 Å². The summed E-state index contributed by atoms with van der Waals surface area (Å²) in [6.45, 7) is 3.44. The number of H-pyrrole nitrogens is 1. The second-order valence-corrected chi connectivity index (χ2v) is 5.25. The molecule has 2 rings (SSSR count). The monoisotopic (exact) mass is 291 g/mol. The maximum absolute atomic E-state index is 12.2. The smallest absolute Gasteiger partial charge is 0.326 e. The van der Waals surface area contributed by atoms with Crippen molar-refractivity contribution in [2.24, 2.45) is 13.0 Å². The fraction of sp³-hybridized carbons (Fsp3) is 0.357. The van der Waals surface area contributed by atoms with E-state index in [1.165, 1.54) is 4.57 Å². The Kier molecular flexibility index (Phi) is 3.84. The van der Waals surface area contributed by atoms with Gasteiger partial charge in [0.05, 0.1) is 11.0 Å². The average Bonchev–Trinajstić information content (AvgIpc) is 2.70. The number of nitrogens with zero attached hydrogens (tertiary/aromatic N) is 1. The van der Waals surface area contributed by atoms with Gasteiger partial charge in [0, 0.05) is 12.6 Å². The van der Waals surface area contributed by atoms with Crippen LogP contribution in [0.4, 0.5) is 0 Å². The first kappa shape index (κ1) is 14.8. The van der Waals surface area contributed by atoms with Crippen molar-refractivity contribution in [1.29, 1.82) is 0 Å². The minimum absolute atomic E-state index is 0.230. The largest absolute Gasteiger partial charge is 0.480 e. The van der Waals surface area contributed by atoms with Crippen LogP contribution in [-0.2, 0) is 11.8 Å². The number of benzene rings is 1. The van der Waals surface area contributed by atoms with Gasteiger partial charge >= 0.3 is 11.7 Å². The van der Waals surface area contributed by atoms with Crippen LogP contribution in [0.2, 0.25) is 0 Å². The van der Waals surface area contributed by atoms with Crippen molar-refractivity contribution in [3.8, 4) is 0 Å². The molecule has 7 nitrogen and oxygen atoms in total. The molecule has 1 atom stereocenters. The molecule has 0 bridgehead atoms. The second kappa shape index (κ2) is 5.43. The van der Waals surface area contributed by atoms with E-state index in [2.05, 4.69) is 10.3 Å². The molecule has 112 valence electrons. The molecule has 1 aromatic carbocycles. The molecule has 0 aliphatic rings. The molecule has 3 N–H and O–H groups in total. The van der Waals surface area contributed by atoms with Crippen LogP contribution in [0, 0.1) is 5.92 Å². The van der Waals surface area contributed by atoms with Crippen molar-refractivity contribution in [1.82, 2.24) is 14.9 Å². The number of nitrogens with one attached hydrogen (secondary N) is 2. The zero-order valence-corrected chi connectivity index (χ0v) is 12.0. The topological polar surface area (TPSA) is 104 Å². The first-order valence-corrected chi connectivity index (χ1v) is 6.53. The van der Waals surface area contributed by atoms with Crippen LogP contribution >= 0.6 is 0 Å². The number of hydrogen-bond donors (Lipinski definition) is 3. The lowest BCUT2D eigenvalue weighted by Gasteiger charge is -2.17. The lowest BCUT2D eigenvalue weighted by Crippen LogP contribution is -2.44. The van der Waals surface area contributed by atoms with Crippen molar-refractivity contribution >= 4 is 22.9 Å². The number of aryl methyl sites for hydroxylation is 1. The van der Waals surface area contributed by atoms with E-state index in [1.807, 2.05) is 0 Å². The van der Waals surface area contributed by atoms with Gasteiger partial charge < -0.3 is 15.4 Å². The molecule has 2 aromatic rings. The van der Waals surface area contributed by atoms with E-state index in [4.69, 9.17) is 5.11 Å². The summed E-state index contributed by atoms with van der Waals surface area (Å²) in [6.07, 6.45) is 0. The van der Waals surface area contributed by atoms with Crippen molar-refractivity contribution in [3.05, 3.63) is 34.2 Å². The molecule has 0 radical (unpaired) electrons. The highest BCUT2D eigenvalue weighted by Gasteiger charge is 2.24. The first-order chi connectivity index (χ1) is 9.81. The molecule has 0 aliphatic carbocycles. The summed E-state index contributed by atoms with van der Waals surface area (Å²) in [5.41, 5.74) is 1.25. The molecule has 0 unspecified atom stereocenters. The minimum atomic E-state index is -1.08. The Morgan fingerprint density at radius 3 is 2.57 bits per heavy atom. The third kappa shape index (κ3) is 2.81. The Balaban J connectivity index is 2.33. The molecule has 1 heterocycles. The molecule has 0 saturated heterocycles. The number of fused-ring (bicyclic) bond motifs is 1. The fourth-order valence-corrected chi connectivity index (χ4v) is 2.10. The van der Waals surface area contributed by atoms with Crippen LogP contribution in [0.1, 0.15) is 24.2 Å². The molecule has 21 heavy (non-hydrogen) atoms. The number of aromatic amines is 1. The standard InChI is InChI=1S/C14H17N3O4/c1-7(2)11(13(19)20)16-12(18)8-4-5-9-10(6-8)17(3)14(21)15-9/h4-7,11H,1-3H3,(H,15,21)(H,16,18)(H,19,20)/t11-/m0/s1. The molecule has 0 spiro atoms. The number of carbonyl (C=O) groups excluding carboxylic acids is 1. The third-order valence-corrected chi connectivity index (χ3v) is 3.39. The summed E-state index contributed by atoms with van der Waals surface area (Å²) >= 11 is 0. The molecule has 7 heteroatoms. The van der Waals surface area contributed by atoms with E-state index in [0.29, 0.717) is 16.6 Å². The average molecular weight is 291 g/mol. The van der Waals surface area contributed by atoms with Gasteiger partial charge in [-0.05, 0) is 24.1 Å². The fourth-order valence-electron chi connectivity index (χ4n) is 2.10. The van der Waals surface area contributed by atoms with E-state index in [0.717, 1.165) is 0 Å². The van der Waals surface area contributed by atoms with Crippen LogP contribution in [-0.4, -0.2) is 32.6 Å². The molecule has 0 aliphatic heterocycles. The Morgan fingerprint density at radius 1 is 1.33 bits per heavy atom. The number of carboxylic acid groups (broad SMARTS) is 1. The number of aromatic nitrogens is 2. The van der Waals surface area contributed by atoms with Gasteiger partial charge in [0.2, 0.25) is 0 Å². The summed E-state index contributed by atoms with van der Waals surface area (Å²) in [6, 6.07) is 3.77. The number of carboxylic acids is 1. The number of amides is 1. The van der Waals surface area contributed by atoms with Gasteiger partial charge in [-0.2, -0.15) is 0 Å². The van der Waals surface area contributed by atoms with E-state index < -0.39 is 17.9 Å². The van der Waals surface area contributed by atoms with Crippen molar-refractivity contribution < 1.29 is 14.7 Å². The normalized spacial score (nSPS) is 12.6. The predicted molar refractivity (Wildman–Crippen MR) is 77.3 cm³/mol. The van der Waals surface area contributed by atoms with E-state index in [9.17, 15) is 14.4 Å². The number of carbonyl (C=O) groups is 2. The Hall–Kier alpha value is -2.57. The van der Waals surface area contributed by atoms with Crippen LogP contribution in [0.5, 0.6) is 0 Å². The highest BCUT2D eigenvalue weighted by molar-refractivity contribution is 5.99. The zero-order valence-electron chi connectivity index (χ0n) is 12.0. The van der Waals surface area contributed by atoms with Crippen molar-refractivity contribution in [2.75, 3.05) is 0 Å². The second-order valence-electron chi connectivity index (χ2n) is 5.25. The van der Waals surface area contributed by atoms with Gasteiger partial charge in [0.25, 0.3) is 5.91 Å². The Labute approximate surface area is 120 Å². The first-order valence-electron chi connectivity index (χ1n) is 6.53. The van der Waals surface area contributed by atoms with E-state index >= 15 is 0 Å². The lowest BCUT2D eigenvalue weighted by molar-refractivity contribution is -0.140. The summed E-state index contributed by atoms with van der Waals surface area (Å²) in [5, 5.41) is 11.6. The molecule has 0 fully saturated rings. The van der Waals surface area contributed by atoms with Crippen molar-refractivity contribution in [2.45, 2.75) is 19.9 Å². The maximum atomic E-state index is 12.2. The summed E-state index contributed by atoms with van der Waals surface area (Å²) in [5.74, 6) is -1.79. The zero-order chi connectivity index (χ0) is 15.7. The predicted octanol–water partition coefficient (Wildman–Crippen LogP) is 0.706. The van der Waals surface area contributed by atoms with Crippen molar-refractivity contribution in [3.63, 3.8) is 0 Å². The van der Waals surface area contributed by atoms with Gasteiger partial charge in [-0.25, -0.2) is 9.59 Å². The SMILES string of the molecule is CC(C)[C@H](NC(=O)c1ccc2[nH]c(=O)n(C)c2c1)C(=O)O. The van der Waals surface area contributed by atoms with Gasteiger partial charge in [0.15, 0.2) is 0 Å². The Morgan fingerprint density at radius 2 is 2.00 bits per heavy atom. The summed E-state index contributed by atoms with van der Waals surface area (Å²) < 4.78 is 1.39. The summed E-state index contributed by atoms with van der Waals surface area (Å²) in [4.78, 5) is 37.4. The van der Waals surface area contributed by atoms with Crippen LogP contribution in [0.25, 0.3) is 11.0 Å². The molecule has 1 aromatic heterocycles. The number of imidazole rings is 1. The molecule has 0 saturated carbocycles. The van der Waals surface area contributed by atoms with Crippen LogP contribution < -0.4 is 11.0 Å². The summed E-state index contributed by atoms with van der Waals surface area (Å²) in [7, 11) is 1.59. The highest BCUT2D eigenvalue weighted by atomic mass is 16.4. The van der Waals surface area contributed by atoms with Crippen LogP contribution in [0.15, 0.2) is 23.0 Å². The molecular formula is C14H17N3O4. The minimum Gasteiger partial charge on any atom is -0.480 e. The third-order valence-electron chi connectivity index (χ3n) is 3.39. The number of rotatable bonds is 4. The number of hydrogen-bond acceptors (Lipinski definition) is 3. The Bertz CT molecular complexity index is 757. The van der Waals surface area contributed by atoms with Gasteiger partial charge in [-0.3, -0.25) is 9.36 Å². The molecule has 1 amide bonds. The quantitative estimate of drug-likeness (QED) is 0.771. The number of aliphatic carboxylic acids is 1. The van der Waals surface area contributed by atoms with E-state index in [-0.39, 0.29) is 11.6 Å². The lowest BCUT2D eigenvalue weighted by atomic mass is 10.0. The maximum Gasteiger partial charge on any atom is 0.326 e. The molecular weight excluding hydrogens is 274 g/mol. The van der Waals surface area contributed by atoms with Gasteiger partial charge in [-0.1, -0.05) is 13.8 Å². The highest BCUT2D eigenvalue weighted by Crippen LogP contribution is 2.13. The van der Waals surface area contributed by atoms with Gasteiger partial charge in [-0.15, -0.1) is 0 Å².